The van der Waals surface area contributed by atoms with Crippen LogP contribution in [0.2, 0.25) is 10.2 Å². The van der Waals surface area contributed by atoms with Crippen LogP contribution in [0.5, 0.6) is 5.75 Å². The van der Waals surface area contributed by atoms with Crippen molar-refractivity contribution in [3.05, 3.63) is 75.8 Å². The number of nitrogens with zero attached hydrogens (tertiary/aromatic N) is 4. The molecule has 7 nitrogen and oxygen atoms in total. The fourth-order valence-corrected chi connectivity index (χ4v) is 3.47. The van der Waals surface area contributed by atoms with Gasteiger partial charge < -0.3 is 10.1 Å². The summed E-state index contributed by atoms with van der Waals surface area (Å²) in [5, 5.41) is 8.78. The summed E-state index contributed by atoms with van der Waals surface area (Å²) >= 11 is 12.2. The molecule has 0 saturated carbocycles. The number of amides is 1. The molecule has 9 heteroatoms. The molecule has 0 atom stereocenters. The molecule has 0 unspecified atom stereocenters. The number of halogens is 2. The van der Waals surface area contributed by atoms with Crippen LogP contribution in [-0.4, -0.2) is 25.7 Å². The van der Waals surface area contributed by atoms with Crippen LogP contribution >= 0.6 is 23.2 Å². The standard InChI is InChI=1S/C21H17Cl2N5O2/c1-12-6-7-15(26-21(29)13-4-3-5-14(22)8-13)9-17(12)30-10-16-18-19(23)24-11-25-20(18)28(2)27-16/h3-9,11H,10H2,1-2H3,(H,26,29). The Morgan fingerprint density at radius 3 is 2.80 bits per heavy atom. The normalized spacial score (nSPS) is 10.9. The topological polar surface area (TPSA) is 81.9 Å². The maximum atomic E-state index is 12.5. The lowest BCUT2D eigenvalue weighted by Crippen LogP contribution is -2.12. The summed E-state index contributed by atoms with van der Waals surface area (Å²) in [4.78, 5) is 20.7. The third-order valence-electron chi connectivity index (χ3n) is 4.54. The molecule has 2 aromatic carbocycles. The average Bonchev–Trinajstić information content (AvgIpc) is 3.05. The first-order chi connectivity index (χ1) is 14.4. The molecule has 0 spiro atoms. The number of carbonyl (C=O) groups excluding carboxylic acids is 1. The highest BCUT2D eigenvalue weighted by atomic mass is 35.5. The van der Waals surface area contributed by atoms with Crippen LogP contribution in [0.1, 0.15) is 21.6 Å². The lowest BCUT2D eigenvalue weighted by molar-refractivity contribution is 0.102. The summed E-state index contributed by atoms with van der Waals surface area (Å²) in [6.07, 6.45) is 1.40. The van der Waals surface area contributed by atoms with E-state index in [1.807, 2.05) is 19.1 Å². The number of hydrogen-bond acceptors (Lipinski definition) is 5. The molecule has 0 bridgehead atoms. The first-order valence-electron chi connectivity index (χ1n) is 9.05. The Bertz CT molecular complexity index is 1260. The van der Waals surface area contributed by atoms with Gasteiger partial charge in [0.05, 0.1) is 5.39 Å². The van der Waals surface area contributed by atoms with Crippen molar-refractivity contribution in [1.29, 1.82) is 0 Å². The van der Waals surface area contributed by atoms with Crippen molar-refractivity contribution in [3.63, 3.8) is 0 Å². The van der Waals surface area contributed by atoms with Crippen LogP contribution in [0, 0.1) is 6.92 Å². The first-order valence-corrected chi connectivity index (χ1v) is 9.80. The van der Waals surface area contributed by atoms with E-state index in [0.717, 1.165) is 5.56 Å². The SMILES string of the molecule is Cc1ccc(NC(=O)c2cccc(Cl)c2)cc1OCc1nn(C)c2ncnc(Cl)c12. The van der Waals surface area contributed by atoms with Crippen molar-refractivity contribution in [2.75, 3.05) is 5.32 Å². The molecule has 0 aliphatic heterocycles. The van der Waals surface area contributed by atoms with Gasteiger partial charge in [0.2, 0.25) is 0 Å². The van der Waals surface area contributed by atoms with Gasteiger partial charge in [0.1, 0.15) is 29.5 Å². The quantitative estimate of drug-likeness (QED) is 0.449. The number of hydrogen-bond donors (Lipinski definition) is 1. The molecule has 4 aromatic rings. The third-order valence-corrected chi connectivity index (χ3v) is 5.07. The highest BCUT2D eigenvalue weighted by molar-refractivity contribution is 6.34. The van der Waals surface area contributed by atoms with Crippen LogP contribution < -0.4 is 10.1 Å². The number of aromatic nitrogens is 4. The molecule has 0 saturated heterocycles. The zero-order valence-electron chi connectivity index (χ0n) is 16.2. The molecular weight excluding hydrogens is 425 g/mol. The Morgan fingerprint density at radius 1 is 1.17 bits per heavy atom. The Hall–Kier alpha value is -3.16. The Balaban J connectivity index is 1.54. The van der Waals surface area contributed by atoms with Crippen LogP contribution in [-0.2, 0) is 13.7 Å². The van der Waals surface area contributed by atoms with Crippen molar-refractivity contribution >= 4 is 45.8 Å². The predicted molar refractivity (Wildman–Crippen MR) is 116 cm³/mol. The van der Waals surface area contributed by atoms with E-state index in [1.54, 1.807) is 42.1 Å². The zero-order valence-corrected chi connectivity index (χ0v) is 17.7. The largest absolute Gasteiger partial charge is 0.487 e. The molecule has 0 aliphatic rings. The number of ether oxygens (including phenoxy) is 1. The van der Waals surface area contributed by atoms with Crippen LogP contribution in [0.15, 0.2) is 48.8 Å². The second-order valence-electron chi connectivity index (χ2n) is 6.67. The highest BCUT2D eigenvalue weighted by Gasteiger charge is 2.15. The molecule has 2 aromatic heterocycles. The summed E-state index contributed by atoms with van der Waals surface area (Å²) < 4.78 is 7.62. The van der Waals surface area contributed by atoms with Gasteiger partial charge in [-0.1, -0.05) is 35.3 Å². The molecule has 1 amide bonds. The smallest absolute Gasteiger partial charge is 0.255 e. The second-order valence-corrected chi connectivity index (χ2v) is 7.46. The minimum absolute atomic E-state index is 0.178. The van der Waals surface area contributed by atoms with Crippen LogP contribution in [0.25, 0.3) is 11.0 Å². The fraction of sp³-hybridized carbons (Fsp3) is 0.143. The second kappa shape index (κ2) is 8.30. The summed E-state index contributed by atoms with van der Waals surface area (Å²) in [7, 11) is 1.78. The Labute approximate surface area is 182 Å². The first kappa shape index (κ1) is 20.1. The Kier molecular flexibility index (Phi) is 5.57. The summed E-state index contributed by atoms with van der Waals surface area (Å²) in [5.41, 5.74) is 3.25. The number of nitrogens with one attached hydrogen (secondary N) is 1. The van der Waals surface area contributed by atoms with E-state index in [-0.39, 0.29) is 12.5 Å². The van der Waals surface area contributed by atoms with Gasteiger partial charge in [0.25, 0.3) is 5.91 Å². The number of anilines is 1. The van der Waals surface area contributed by atoms with Crippen LogP contribution in [0.3, 0.4) is 0 Å². The van der Waals surface area contributed by atoms with E-state index >= 15 is 0 Å². The molecule has 0 aliphatic carbocycles. The van der Waals surface area contributed by atoms with Gasteiger partial charge in [-0.2, -0.15) is 5.10 Å². The minimum atomic E-state index is -0.257. The summed E-state index contributed by atoms with van der Waals surface area (Å²) in [6, 6.07) is 12.2. The van der Waals surface area contributed by atoms with Gasteiger partial charge in [-0.15, -0.1) is 0 Å². The van der Waals surface area contributed by atoms with E-state index < -0.39 is 0 Å². The molecule has 0 fully saturated rings. The monoisotopic (exact) mass is 441 g/mol. The molecule has 1 N–H and O–H groups in total. The van der Waals surface area contributed by atoms with Gasteiger partial charge in [-0.3, -0.25) is 4.79 Å². The van der Waals surface area contributed by atoms with Crippen LogP contribution in [0.4, 0.5) is 5.69 Å². The number of fused-ring (bicyclic) bond motifs is 1. The summed E-state index contributed by atoms with van der Waals surface area (Å²) in [6.45, 7) is 2.10. The zero-order chi connectivity index (χ0) is 21.3. The number of benzene rings is 2. The fourth-order valence-electron chi connectivity index (χ4n) is 3.04. The van der Waals surface area contributed by atoms with Gasteiger partial charge >= 0.3 is 0 Å². The molecule has 2 heterocycles. The summed E-state index contributed by atoms with van der Waals surface area (Å²) in [5.74, 6) is 0.359. The van der Waals surface area contributed by atoms with Gasteiger partial charge in [-0.25, -0.2) is 14.6 Å². The van der Waals surface area contributed by atoms with E-state index in [9.17, 15) is 4.79 Å². The lowest BCUT2D eigenvalue weighted by Gasteiger charge is -2.11. The van der Waals surface area contributed by atoms with Crippen molar-refractivity contribution in [2.45, 2.75) is 13.5 Å². The van der Waals surface area contributed by atoms with E-state index in [2.05, 4.69) is 20.4 Å². The van der Waals surface area contributed by atoms with Crippen molar-refractivity contribution in [2.24, 2.45) is 7.05 Å². The highest BCUT2D eigenvalue weighted by Crippen LogP contribution is 2.27. The molecular formula is C21H17Cl2N5O2. The average molecular weight is 442 g/mol. The van der Waals surface area contributed by atoms with E-state index in [0.29, 0.717) is 43.9 Å². The maximum absolute atomic E-state index is 12.5. The van der Waals surface area contributed by atoms with Crippen molar-refractivity contribution in [1.82, 2.24) is 19.7 Å². The van der Waals surface area contributed by atoms with E-state index in [1.165, 1.54) is 6.33 Å². The number of carbonyl (C=O) groups is 1. The maximum Gasteiger partial charge on any atom is 0.255 e. The number of aryl methyl sites for hydroxylation is 2. The van der Waals surface area contributed by atoms with Gasteiger partial charge in [-0.05, 0) is 36.8 Å². The predicted octanol–water partition coefficient (Wildman–Crippen LogP) is 4.81. The Morgan fingerprint density at radius 2 is 2.00 bits per heavy atom. The molecule has 30 heavy (non-hydrogen) atoms. The minimum Gasteiger partial charge on any atom is -0.487 e. The van der Waals surface area contributed by atoms with Crippen molar-refractivity contribution in [3.8, 4) is 5.75 Å². The van der Waals surface area contributed by atoms with E-state index in [4.69, 9.17) is 27.9 Å². The molecule has 152 valence electrons. The third kappa shape index (κ3) is 4.08. The van der Waals surface area contributed by atoms with Gasteiger partial charge in [0.15, 0.2) is 5.65 Å². The molecule has 0 radical (unpaired) electrons. The van der Waals surface area contributed by atoms with Gasteiger partial charge in [0, 0.05) is 29.4 Å². The number of rotatable bonds is 5. The van der Waals surface area contributed by atoms with Crippen molar-refractivity contribution < 1.29 is 9.53 Å². The lowest BCUT2D eigenvalue weighted by atomic mass is 10.1. The molecule has 4 rings (SSSR count).